The minimum absolute atomic E-state index is 0.468. The molecule has 1 nitrogen and oxygen atoms in total. The van der Waals surface area contributed by atoms with E-state index in [4.69, 9.17) is 0 Å². The topological polar surface area (TPSA) is 3.24 Å². The molecule has 0 bridgehead atoms. The summed E-state index contributed by atoms with van der Waals surface area (Å²) in [6.07, 6.45) is 0. The van der Waals surface area contributed by atoms with Crippen molar-refractivity contribution in [1.82, 2.24) is 0 Å². The van der Waals surface area contributed by atoms with E-state index in [2.05, 4.69) is 326 Å². The van der Waals surface area contributed by atoms with Gasteiger partial charge in [-0.15, -0.1) is 0 Å². The number of hydrogen-bond donors (Lipinski definition) is 0. The molecule has 0 saturated carbocycles. The van der Waals surface area contributed by atoms with Crippen molar-refractivity contribution >= 4 is 27.8 Å². The monoisotopic (exact) mass is 991 g/mol. The van der Waals surface area contributed by atoms with Crippen LogP contribution in [0.15, 0.2) is 322 Å². The summed E-state index contributed by atoms with van der Waals surface area (Å²) in [7, 11) is 0. The Bertz CT molecular complexity index is 4230. The van der Waals surface area contributed by atoms with Crippen molar-refractivity contribution in [3.8, 4) is 77.9 Å². The van der Waals surface area contributed by atoms with Gasteiger partial charge in [0.1, 0.15) is 0 Å². The summed E-state index contributed by atoms with van der Waals surface area (Å²) in [4.78, 5) is 2.40. The molecule has 0 aliphatic heterocycles. The molecule has 0 aromatic heterocycles. The maximum absolute atomic E-state index is 2.40. The van der Waals surface area contributed by atoms with Crippen LogP contribution >= 0.6 is 0 Å². The zero-order chi connectivity index (χ0) is 51.8. The predicted octanol–water partition coefficient (Wildman–Crippen LogP) is 20.7. The van der Waals surface area contributed by atoms with Gasteiger partial charge in [-0.05, 0) is 159 Å². The van der Waals surface area contributed by atoms with Gasteiger partial charge >= 0.3 is 0 Å². The van der Waals surface area contributed by atoms with Crippen molar-refractivity contribution in [3.63, 3.8) is 0 Å². The molecule has 1 aliphatic carbocycles. The lowest BCUT2D eigenvalue weighted by Gasteiger charge is -2.34. The van der Waals surface area contributed by atoms with Gasteiger partial charge in [-0.25, -0.2) is 0 Å². The zero-order valence-electron chi connectivity index (χ0n) is 43.0. The summed E-state index contributed by atoms with van der Waals surface area (Å²) in [5.41, 5.74) is 24.8. The van der Waals surface area contributed by atoms with Crippen LogP contribution in [0, 0.1) is 0 Å². The first kappa shape index (κ1) is 46.5. The van der Waals surface area contributed by atoms with Crippen LogP contribution in [0.1, 0.15) is 22.3 Å². The molecule has 0 spiro atoms. The fourth-order valence-electron chi connectivity index (χ4n) is 12.3. The molecule has 14 rings (SSSR count). The van der Waals surface area contributed by atoms with Gasteiger partial charge in [0.15, 0.2) is 0 Å². The number of nitrogens with zero attached hydrogens (tertiary/aromatic N) is 1. The van der Waals surface area contributed by atoms with E-state index in [0.29, 0.717) is 0 Å². The van der Waals surface area contributed by atoms with Crippen molar-refractivity contribution in [2.24, 2.45) is 0 Å². The second kappa shape index (κ2) is 19.9. The minimum atomic E-state index is -0.468. The molecule has 0 unspecified atom stereocenters. The third-order valence-corrected chi connectivity index (χ3v) is 16.0. The number of fused-ring (bicyclic) bond motifs is 4. The molecule has 0 fully saturated rings. The van der Waals surface area contributed by atoms with Gasteiger partial charge in [0.25, 0.3) is 0 Å². The highest BCUT2D eigenvalue weighted by Gasteiger charge is 2.46. The van der Waals surface area contributed by atoms with E-state index in [0.717, 1.165) is 28.2 Å². The molecule has 78 heavy (non-hydrogen) atoms. The number of hydrogen-bond acceptors (Lipinski definition) is 1. The van der Waals surface area contributed by atoms with Gasteiger partial charge in [-0.2, -0.15) is 0 Å². The highest BCUT2D eigenvalue weighted by atomic mass is 15.1. The van der Waals surface area contributed by atoms with Crippen molar-refractivity contribution in [3.05, 3.63) is 344 Å². The first-order chi connectivity index (χ1) is 38.7. The van der Waals surface area contributed by atoms with E-state index in [-0.39, 0.29) is 0 Å². The van der Waals surface area contributed by atoms with Gasteiger partial charge in [0.2, 0.25) is 0 Å². The summed E-state index contributed by atoms with van der Waals surface area (Å²) in [6, 6.07) is 118. The first-order valence-electron chi connectivity index (χ1n) is 27.0. The zero-order valence-corrected chi connectivity index (χ0v) is 43.0. The van der Waals surface area contributed by atoms with E-state index in [9.17, 15) is 0 Å². The van der Waals surface area contributed by atoms with Crippen LogP contribution < -0.4 is 4.90 Å². The van der Waals surface area contributed by atoms with Crippen LogP contribution in [-0.4, -0.2) is 0 Å². The number of benzene rings is 13. The molecule has 366 valence electrons. The Kier molecular flexibility index (Phi) is 11.8. The number of anilines is 3. The van der Waals surface area contributed by atoms with E-state index < -0.39 is 5.41 Å². The smallest absolute Gasteiger partial charge is 0.0713 e. The third-order valence-electron chi connectivity index (χ3n) is 16.0. The van der Waals surface area contributed by atoms with Crippen LogP contribution in [0.2, 0.25) is 0 Å². The Labute approximate surface area is 457 Å². The molecule has 0 heterocycles. The summed E-state index contributed by atoms with van der Waals surface area (Å²) in [5, 5.41) is 2.51. The van der Waals surface area contributed by atoms with E-state index in [1.807, 2.05) is 0 Å². The van der Waals surface area contributed by atoms with E-state index in [1.165, 1.54) is 99.8 Å². The second-order valence-electron chi connectivity index (χ2n) is 20.4. The summed E-state index contributed by atoms with van der Waals surface area (Å²) in [6.45, 7) is 0. The summed E-state index contributed by atoms with van der Waals surface area (Å²) >= 11 is 0. The van der Waals surface area contributed by atoms with Gasteiger partial charge in [-0.3, -0.25) is 0 Å². The first-order valence-corrected chi connectivity index (χ1v) is 27.0. The molecule has 0 amide bonds. The lowest BCUT2D eigenvalue weighted by atomic mass is 9.67. The maximum Gasteiger partial charge on any atom is 0.0713 e. The standard InChI is InChI=1S/C77H53N/c1-4-20-58(21-5-1)70-31-12-13-32-71(70)64-25-17-30-69(53-64)78(67-47-43-56(44-48-67)55-37-39-57(40-38-55)61-23-16-24-62(51-61)63-42-41-54-19-10-11-22-60(54)52-63)68-49-45-59(46-50-68)72-34-18-36-75-76(72)73-33-14-15-35-74(73)77(75,65-26-6-2-7-27-65)66-28-8-3-9-29-66/h1-53H. The lowest BCUT2D eigenvalue weighted by Crippen LogP contribution is -2.28. The highest BCUT2D eigenvalue weighted by Crippen LogP contribution is 2.58. The molecule has 0 radical (unpaired) electrons. The van der Waals surface area contributed by atoms with Gasteiger partial charge in [-0.1, -0.05) is 273 Å². The Morgan fingerprint density at radius 3 is 1.28 bits per heavy atom. The third kappa shape index (κ3) is 8.21. The summed E-state index contributed by atoms with van der Waals surface area (Å²) in [5.74, 6) is 0. The average Bonchev–Trinajstić information content (AvgIpc) is 4.09. The molecule has 0 saturated heterocycles. The quantitative estimate of drug-likeness (QED) is 0.125. The second-order valence-corrected chi connectivity index (χ2v) is 20.4. The Balaban J connectivity index is 0.836. The minimum Gasteiger partial charge on any atom is -0.310 e. The van der Waals surface area contributed by atoms with E-state index in [1.54, 1.807) is 0 Å². The largest absolute Gasteiger partial charge is 0.310 e. The predicted molar refractivity (Wildman–Crippen MR) is 329 cm³/mol. The van der Waals surface area contributed by atoms with Crippen molar-refractivity contribution in [1.29, 1.82) is 0 Å². The number of rotatable bonds is 11. The lowest BCUT2D eigenvalue weighted by molar-refractivity contribution is 0.768. The molecule has 0 atom stereocenters. The van der Waals surface area contributed by atoms with Gasteiger partial charge < -0.3 is 4.90 Å². The Morgan fingerprint density at radius 1 is 0.205 bits per heavy atom. The fraction of sp³-hybridized carbons (Fsp3) is 0.0130. The van der Waals surface area contributed by atoms with Crippen molar-refractivity contribution < 1.29 is 0 Å². The van der Waals surface area contributed by atoms with Crippen molar-refractivity contribution in [2.75, 3.05) is 4.90 Å². The van der Waals surface area contributed by atoms with Crippen molar-refractivity contribution in [2.45, 2.75) is 5.41 Å². The highest BCUT2D eigenvalue weighted by molar-refractivity contribution is 5.96. The Hall–Kier alpha value is -10.1. The maximum atomic E-state index is 2.40. The van der Waals surface area contributed by atoms with Crippen LogP contribution in [0.5, 0.6) is 0 Å². The summed E-state index contributed by atoms with van der Waals surface area (Å²) < 4.78 is 0. The molecule has 13 aromatic carbocycles. The van der Waals surface area contributed by atoms with Gasteiger partial charge in [0.05, 0.1) is 5.41 Å². The fourth-order valence-corrected chi connectivity index (χ4v) is 12.3. The molecule has 13 aromatic rings. The Morgan fingerprint density at radius 2 is 0.615 bits per heavy atom. The average molecular weight is 992 g/mol. The SMILES string of the molecule is c1ccc(-c2ccccc2-c2cccc(N(c3ccc(-c4ccc(-c5cccc(-c6ccc7ccccc7c6)c5)cc4)cc3)c3ccc(-c4cccc5c4-c4ccccc4C5(c4ccccc4)c4ccccc4)cc3)c2)cc1. The molecular formula is C77H53N. The van der Waals surface area contributed by atoms with Crippen LogP contribution in [0.4, 0.5) is 17.1 Å². The molecule has 1 aliphatic rings. The molecule has 1 heteroatoms. The normalized spacial score (nSPS) is 12.2. The van der Waals surface area contributed by atoms with E-state index >= 15 is 0 Å². The molecule has 0 N–H and O–H groups in total. The molecular weight excluding hydrogens is 939 g/mol. The van der Waals surface area contributed by atoms with Crippen LogP contribution in [-0.2, 0) is 5.41 Å². The van der Waals surface area contributed by atoms with Crippen LogP contribution in [0.25, 0.3) is 88.7 Å². The van der Waals surface area contributed by atoms with Gasteiger partial charge in [0, 0.05) is 17.1 Å². The van der Waals surface area contributed by atoms with Crippen LogP contribution in [0.3, 0.4) is 0 Å².